The minimum Gasteiger partial charge on any atom is -0.454 e. The number of hydrogen-bond donors (Lipinski definition) is 0. The summed E-state index contributed by atoms with van der Waals surface area (Å²) < 4.78 is 7.08. The monoisotopic (exact) mass is 788 g/mol. The van der Waals surface area contributed by atoms with Gasteiger partial charge in [-0.15, -0.1) is 0 Å². The third kappa shape index (κ3) is 5.95. The van der Waals surface area contributed by atoms with Crippen LogP contribution in [0.3, 0.4) is 0 Å². The van der Waals surface area contributed by atoms with Gasteiger partial charge in [-0.3, -0.25) is 0 Å². The number of nitrogens with zero attached hydrogens (tertiary/aromatic N) is 2. The van der Waals surface area contributed by atoms with Gasteiger partial charge in [0.1, 0.15) is 5.58 Å². The van der Waals surface area contributed by atoms with E-state index in [2.05, 4.69) is 228 Å². The Balaban J connectivity index is 1.27. The van der Waals surface area contributed by atoms with Crippen molar-refractivity contribution in [2.75, 3.05) is 9.71 Å². The first kappa shape index (κ1) is 37.2. The Morgan fingerprint density at radius 1 is 0.475 bits per heavy atom. The van der Waals surface area contributed by atoms with Gasteiger partial charge in [0, 0.05) is 39.0 Å². The van der Waals surface area contributed by atoms with Gasteiger partial charge in [-0.1, -0.05) is 163 Å². The van der Waals surface area contributed by atoms with Gasteiger partial charge >= 0.3 is 6.85 Å². The van der Waals surface area contributed by atoms with Gasteiger partial charge < -0.3 is 14.1 Å². The summed E-state index contributed by atoms with van der Waals surface area (Å²) in [6.45, 7) is 15.9. The molecule has 0 amide bonds. The molecule has 0 aliphatic carbocycles. The molecule has 0 saturated carbocycles. The Morgan fingerprint density at radius 3 is 1.85 bits per heavy atom. The molecule has 1 aromatic heterocycles. The van der Waals surface area contributed by atoms with Gasteiger partial charge in [-0.25, -0.2) is 0 Å². The highest BCUT2D eigenvalue weighted by molar-refractivity contribution is 6.94. The van der Waals surface area contributed by atoms with Crippen molar-refractivity contribution in [2.24, 2.45) is 0 Å². The number of rotatable bonds is 4. The summed E-state index contributed by atoms with van der Waals surface area (Å²) in [5.74, 6) is 0. The molecular formula is C57H49BN2O. The van der Waals surface area contributed by atoms with E-state index < -0.39 is 0 Å². The molecule has 3 nitrogen and oxygen atoms in total. The lowest BCUT2D eigenvalue weighted by Gasteiger charge is -2.46. The van der Waals surface area contributed by atoms with Crippen molar-refractivity contribution in [2.45, 2.75) is 59.3 Å². The molecule has 296 valence electrons. The maximum absolute atomic E-state index is 7.08. The van der Waals surface area contributed by atoms with Crippen LogP contribution in [0.25, 0.3) is 55.3 Å². The smallest absolute Gasteiger partial charge is 0.333 e. The van der Waals surface area contributed by atoms with Gasteiger partial charge in [-0.2, -0.15) is 0 Å². The predicted octanol–water partition coefficient (Wildman–Crippen LogP) is 14.5. The van der Waals surface area contributed by atoms with E-state index in [0.717, 1.165) is 39.0 Å². The zero-order valence-electron chi connectivity index (χ0n) is 36.0. The number of anilines is 5. The number of benzene rings is 8. The molecule has 0 radical (unpaired) electrons. The summed E-state index contributed by atoms with van der Waals surface area (Å²) in [7, 11) is 0. The lowest BCUT2D eigenvalue weighted by Crippen LogP contribution is -2.61. The molecule has 0 bridgehead atoms. The average Bonchev–Trinajstić information content (AvgIpc) is 3.65. The van der Waals surface area contributed by atoms with E-state index in [0.29, 0.717) is 0 Å². The molecular weight excluding hydrogens is 739 g/mol. The molecule has 61 heavy (non-hydrogen) atoms. The third-order valence-electron chi connectivity index (χ3n) is 13.0. The van der Waals surface area contributed by atoms with E-state index in [1.54, 1.807) is 0 Å². The highest BCUT2D eigenvalue weighted by Gasteiger charge is 2.47. The molecule has 9 aromatic rings. The molecule has 0 N–H and O–H groups in total. The molecule has 4 heteroatoms. The van der Waals surface area contributed by atoms with Crippen molar-refractivity contribution in [3.05, 3.63) is 187 Å². The van der Waals surface area contributed by atoms with E-state index in [1.165, 1.54) is 72.4 Å². The number of fused-ring (bicyclic) bond motifs is 8. The predicted molar refractivity (Wildman–Crippen MR) is 260 cm³/mol. The summed E-state index contributed by atoms with van der Waals surface area (Å²) >= 11 is 0. The topological polar surface area (TPSA) is 19.6 Å². The van der Waals surface area contributed by atoms with Crippen LogP contribution in [0, 0.1) is 6.92 Å². The van der Waals surface area contributed by atoms with Crippen LogP contribution in [-0.4, -0.2) is 6.85 Å². The molecule has 0 atom stereocenters. The van der Waals surface area contributed by atoms with Crippen LogP contribution in [0.1, 0.15) is 58.2 Å². The molecule has 0 spiro atoms. The number of aryl methyl sites for hydroxylation is 1. The summed E-state index contributed by atoms with van der Waals surface area (Å²) in [6.07, 6.45) is 0. The first-order valence-electron chi connectivity index (χ1n) is 21.6. The molecule has 8 aromatic carbocycles. The molecule has 11 rings (SSSR count). The van der Waals surface area contributed by atoms with E-state index in [-0.39, 0.29) is 17.7 Å². The fourth-order valence-electron chi connectivity index (χ4n) is 9.88. The largest absolute Gasteiger partial charge is 0.454 e. The van der Waals surface area contributed by atoms with Crippen LogP contribution < -0.4 is 20.6 Å². The van der Waals surface area contributed by atoms with Gasteiger partial charge in [-0.05, 0) is 116 Å². The molecule has 2 aliphatic heterocycles. The van der Waals surface area contributed by atoms with Crippen molar-refractivity contribution < 1.29 is 4.42 Å². The van der Waals surface area contributed by atoms with Gasteiger partial charge in [0.25, 0.3) is 0 Å². The van der Waals surface area contributed by atoms with Gasteiger partial charge in [0.05, 0.1) is 11.4 Å². The SMILES string of the molecule is Cc1cc2c3c(c1)N(c1ccc(C(C)(C)C)cc1-c1ccccc1)c1c(ccc4c1oc1ccccc14)B3N(c1ccc(C(C)(C)C)cc1)c1ccc(-c3ccccc3)cc1-2. The molecule has 2 aliphatic rings. The fraction of sp³-hybridized carbons (Fsp3) is 0.158. The number of hydrogen-bond acceptors (Lipinski definition) is 3. The van der Waals surface area contributed by atoms with Crippen molar-refractivity contribution in [3.8, 4) is 33.4 Å². The summed E-state index contributed by atoms with van der Waals surface area (Å²) in [5.41, 5.74) is 21.2. The van der Waals surface area contributed by atoms with E-state index >= 15 is 0 Å². The van der Waals surface area contributed by atoms with Gasteiger partial charge in [0.2, 0.25) is 0 Å². The lowest BCUT2D eigenvalue weighted by molar-refractivity contribution is 0.590. The molecule has 0 fully saturated rings. The third-order valence-corrected chi connectivity index (χ3v) is 13.0. The van der Waals surface area contributed by atoms with Gasteiger partial charge in [0.15, 0.2) is 5.58 Å². The second-order valence-corrected chi connectivity index (χ2v) is 19.1. The highest BCUT2D eigenvalue weighted by Crippen LogP contribution is 2.52. The molecule has 0 saturated heterocycles. The van der Waals surface area contributed by atoms with Crippen LogP contribution in [0.4, 0.5) is 28.4 Å². The molecule has 3 heterocycles. The Hall–Kier alpha value is -6.78. The number of para-hydroxylation sites is 1. The van der Waals surface area contributed by atoms with Crippen molar-refractivity contribution in [1.82, 2.24) is 0 Å². The van der Waals surface area contributed by atoms with E-state index in [4.69, 9.17) is 4.42 Å². The standard InChI is InChI=1S/C57H49BN2O/c1-36-32-47-46-34-39(37-16-10-8-11-17-37)22-30-50(46)60(42-26-23-40(24-27-42)56(2,3)4)58-48-29-28-44-43-20-14-15-21-52(43)61-55(44)54(48)59(51(33-36)53(47)58)49-31-25-41(57(5,6)7)35-45(49)38-18-12-9-13-19-38/h8-35H,1-7H3. The first-order chi connectivity index (χ1) is 29.4. The van der Waals surface area contributed by atoms with Crippen LogP contribution in [0.15, 0.2) is 174 Å². The average molecular weight is 789 g/mol. The summed E-state index contributed by atoms with van der Waals surface area (Å²) in [6, 6.07) is 63.2. The van der Waals surface area contributed by atoms with Crippen molar-refractivity contribution in [3.63, 3.8) is 0 Å². The summed E-state index contributed by atoms with van der Waals surface area (Å²) in [5, 5.41) is 2.24. The van der Waals surface area contributed by atoms with Crippen LogP contribution in [0.2, 0.25) is 0 Å². The zero-order valence-corrected chi connectivity index (χ0v) is 36.0. The highest BCUT2D eigenvalue weighted by atomic mass is 16.3. The second-order valence-electron chi connectivity index (χ2n) is 19.1. The Labute approximate surface area is 360 Å². The Bertz CT molecular complexity index is 3170. The first-order valence-corrected chi connectivity index (χ1v) is 21.6. The van der Waals surface area contributed by atoms with Crippen molar-refractivity contribution >= 4 is 68.1 Å². The normalized spacial score (nSPS) is 13.4. The van der Waals surface area contributed by atoms with Crippen LogP contribution in [0.5, 0.6) is 0 Å². The Morgan fingerprint density at radius 2 is 1.13 bits per heavy atom. The zero-order chi connectivity index (χ0) is 41.8. The van der Waals surface area contributed by atoms with Crippen LogP contribution in [-0.2, 0) is 10.8 Å². The maximum atomic E-state index is 7.08. The van der Waals surface area contributed by atoms with Crippen LogP contribution >= 0.6 is 0 Å². The Kier molecular flexibility index (Phi) is 8.32. The minimum atomic E-state index is -0.140. The quantitative estimate of drug-likeness (QED) is 0.166. The maximum Gasteiger partial charge on any atom is 0.333 e. The van der Waals surface area contributed by atoms with E-state index in [1.807, 2.05) is 0 Å². The number of furan rings is 1. The lowest BCUT2D eigenvalue weighted by atomic mass is 9.43. The second kappa shape index (κ2) is 13.6. The minimum absolute atomic E-state index is 0.0318. The molecule has 0 unspecified atom stereocenters. The summed E-state index contributed by atoms with van der Waals surface area (Å²) in [4.78, 5) is 5.15. The van der Waals surface area contributed by atoms with Crippen molar-refractivity contribution in [1.29, 1.82) is 0 Å². The van der Waals surface area contributed by atoms with E-state index in [9.17, 15) is 0 Å². The fourth-order valence-corrected chi connectivity index (χ4v) is 9.88.